The summed E-state index contributed by atoms with van der Waals surface area (Å²) in [6, 6.07) is 12.2. The molecular formula is C15H18N4O. The van der Waals surface area contributed by atoms with E-state index >= 15 is 0 Å². The van der Waals surface area contributed by atoms with Crippen molar-refractivity contribution in [3.8, 4) is 5.88 Å². The molecule has 5 heteroatoms. The van der Waals surface area contributed by atoms with E-state index < -0.39 is 0 Å². The largest absolute Gasteiger partial charge is 0.473 e. The van der Waals surface area contributed by atoms with Gasteiger partial charge >= 0.3 is 0 Å². The third-order valence-electron chi connectivity index (χ3n) is 3.43. The lowest BCUT2D eigenvalue weighted by Gasteiger charge is -2.16. The zero-order valence-electron chi connectivity index (χ0n) is 11.3. The number of benzene rings is 1. The molecule has 0 aliphatic carbocycles. The number of rotatable bonds is 4. The van der Waals surface area contributed by atoms with Crippen LogP contribution in [-0.4, -0.2) is 34.1 Å². The van der Waals surface area contributed by atoms with Crippen LogP contribution >= 0.6 is 0 Å². The van der Waals surface area contributed by atoms with Crippen LogP contribution in [0, 0.1) is 0 Å². The zero-order valence-corrected chi connectivity index (χ0v) is 11.3. The molecule has 1 aliphatic heterocycles. The Hall–Kier alpha value is -2.14. The van der Waals surface area contributed by atoms with Gasteiger partial charge in [0.25, 0.3) is 0 Å². The summed E-state index contributed by atoms with van der Waals surface area (Å²) < 4.78 is 5.85. The molecule has 1 fully saturated rings. The van der Waals surface area contributed by atoms with Gasteiger partial charge in [-0.3, -0.25) is 4.90 Å². The Kier molecular flexibility index (Phi) is 3.78. The molecular weight excluding hydrogens is 252 g/mol. The summed E-state index contributed by atoms with van der Waals surface area (Å²) in [4.78, 5) is 10.3. The van der Waals surface area contributed by atoms with E-state index in [-0.39, 0.29) is 6.10 Å². The van der Waals surface area contributed by atoms with Crippen LogP contribution in [0.25, 0.3) is 0 Å². The lowest BCUT2D eigenvalue weighted by Crippen LogP contribution is -2.24. The van der Waals surface area contributed by atoms with Crippen LogP contribution < -0.4 is 10.5 Å². The number of nitrogens with zero attached hydrogens (tertiary/aromatic N) is 3. The normalized spacial score (nSPS) is 19.1. The quantitative estimate of drug-likeness (QED) is 0.916. The highest BCUT2D eigenvalue weighted by Gasteiger charge is 2.24. The highest BCUT2D eigenvalue weighted by atomic mass is 16.5. The summed E-state index contributed by atoms with van der Waals surface area (Å²) >= 11 is 0. The smallest absolute Gasteiger partial charge is 0.218 e. The Balaban J connectivity index is 1.54. The van der Waals surface area contributed by atoms with Crippen molar-refractivity contribution < 1.29 is 4.74 Å². The number of aromatic nitrogens is 2. The predicted octanol–water partition coefficient (Wildman–Crippen LogP) is 1.71. The minimum atomic E-state index is 0.174. The first kappa shape index (κ1) is 12.9. The maximum absolute atomic E-state index is 5.85. The van der Waals surface area contributed by atoms with Gasteiger partial charge in [0.2, 0.25) is 5.88 Å². The van der Waals surface area contributed by atoms with Gasteiger partial charge in [-0.15, -0.1) is 0 Å². The van der Waals surface area contributed by atoms with Gasteiger partial charge in [-0.1, -0.05) is 30.3 Å². The molecule has 5 nitrogen and oxygen atoms in total. The van der Waals surface area contributed by atoms with Crippen LogP contribution in [0.1, 0.15) is 12.0 Å². The predicted molar refractivity (Wildman–Crippen MR) is 77.2 cm³/mol. The van der Waals surface area contributed by atoms with Gasteiger partial charge in [0.15, 0.2) is 0 Å². The first-order chi connectivity index (χ1) is 9.79. The molecule has 0 bridgehead atoms. The second kappa shape index (κ2) is 5.88. The minimum absolute atomic E-state index is 0.174. The van der Waals surface area contributed by atoms with Crippen molar-refractivity contribution >= 4 is 5.82 Å². The number of nitrogen functional groups attached to an aromatic ring is 1. The topological polar surface area (TPSA) is 64.3 Å². The molecule has 2 heterocycles. The van der Waals surface area contributed by atoms with Gasteiger partial charge in [-0.2, -0.15) is 0 Å². The van der Waals surface area contributed by atoms with E-state index in [4.69, 9.17) is 10.5 Å². The summed E-state index contributed by atoms with van der Waals surface area (Å²) in [7, 11) is 0. The summed E-state index contributed by atoms with van der Waals surface area (Å²) in [5.74, 6) is 0.998. The van der Waals surface area contributed by atoms with Gasteiger partial charge in [-0.25, -0.2) is 9.97 Å². The van der Waals surface area contributed by atoms with Gasteiger partial charge in [0.05, 0.1) is 0 Å². The third kappa shape index (κ3) is 3.24. The highest BCUT2D eigenvalue weighted by molar-refractivity contribution is 5.30. The molecule has 2 aromatic rings. The van der Waals surface area contributed by atoms with Crippen molar-refractivity contribution in [2.75, 3.05) is 18.8 Å². The van der Waals surface area contributed by atoms with Crippen LogP contribution in [0.5, 0.6) is 5.88 Å². The molecule has 1 aliphatic rings. The summed E-state index contributed by atoms with van der Waals surface area (Å²) in [5, 5.41) is 0. The number of likely N-dealkylation sites (tertiary alicyclic amines) is 1. The molecule has 1 unspecified atom stereocenters. The zero-order chi connectivity index (χ0) is 13.8. The lowest BCUT2D eigenvalue weighted by molar-refractivity contribution is 0.191. The van der Waals surface area contributed by atoms with Gasteiger partial charge in [0.1, 0.15) is 18.2 Å². The van der Waals surface area contributed by atoms with Crippen molar-refractivity contribution in [3.63, 3.8) is 0 Å². The average Bonchev–Trinajstić information content (AvgIpc) is 2.87. The maximum atomic E-state index is 5.85. The monoisotopic (exact) mass is 270 g/mol. The molecule has 0 spiro atoms. The summed E-state index contributed by atoms with van der Waals surface area (Å²) in [6.45, 7) is 2.92. The number of anilines is 1. The summed E-state index contributed by atoms with van der Waals surface area (Å²) in [6.07, 6.45) is 2.62. The van der Waals surface area contributed by atoms with Crippen molar-refractivity contribution in [1.82, 2.24) is 14.9 Å². The van der Waals surface area contributed by atoms with Crippen LogP contribution in [0.2, 0.25) is 0 Å². The second-order valence-corrected chi connectivity index (χ2v) is 5.03. The maximum Gasteiger partial charge on any atom is 0.218 e. The lowest BCUT2D eigenvalue weighted by atomic mass is 10.2. The Morgan fingerprint density at radius 2 is 2.10 bits per heavy atom. The fraction of sp³-hybridized carbons (Fsp3) is 0.333. The van der Waals surface area contributed by atoms with Gasteiger partial charge < -0.3 is 10.5 Å². The number of ether oxygens (including phenoxy) is 1. The molecule has 20 heavy (non-hydrogen) atoms. The molecule has 1 atom stereocenters. The Morgan fingerprint density at radius 1 is 1.25 bits per heavy atom. The number of hydrogen-bond donors (Lipinski definition) is 1. The first-order valence-electron chi connectivity index (χ1n) is 6.80. The van der Waals surface area contributed by atoms with Gasteiger partial charge in [0, 0.05) is 25.7 Å². The molecule has 0 amide bonds. The Labute approximate surface area is 118 Å². The van der Waals surface area contributed by atoms with E-state index in [9.17, 15) is 0 Å². The molecule has 2 N–H and O–H groups in total. The molecule has 1 aromatic heterocycles. The van der Waals surface area contributed by atoms with Crippen molar-refractivity contribution in [2.24, 2.45) is 0 Å². The van der Waals surface area contributed by atoms with E-state index in [0.29, 0.717) is 11.7 Å². The minimum Gasteiger partial charge on any atom is -0.473 e. The number of nitrogens with two attached hydrogens (primary N) is 1. The van der Waals surface area contributed by atoms with Crippen molar-refractivity contribution in [3.05, 3.63) is 48.3 Å². The Morgan fingerprint density at radius 3 is 2.90 bits per heavy atom. The number of hydrogen-bond acceptors (Lipinski definition) is 5. The van der Waals surface area contributed by atoms with E-state index in [1.165, 1.54) is 11.9 Å². The van der Waals surface area contributed by atoms with Crippen LogP contribution in [0.4, 0.5) is 5.82 Å². The van der Waals surface area contributed by atoms with Crippen molar-refractivity contribution in [2.45, 2.75) is 19.1 Å². The summed E-state index contributed by atoms with van der Waals surface area (Å²) in [5.41, 5.74) is 6.95. The molecule has 3 rings (SSSR count). The van der Waals surface area contributed by atoms with E-state index in [2.05, 4.69) is 39.1 Å². The van der Waals surface area contributed by atoms with Crippen LogP contribution in [0.15, 0.2) is 42.7 Å². The van der Waals surface area contributed by atoms with Crippen LogP contribution in [-0.2, 0) is 6.54 Å². The third-order valence-corrected chi connectivity index (χ3v) is 3.43. The second-order valence-electron chi connectivity index (χ2n) is 5.03. The van der Waals surface area contributed by atoms with Crippen LogP contribution in [0.3, 0.4) is 0 Å². The average molecular weight is 270 g/mol. The van der Waals surface area contributed by atoms with Crippen molar-refractivity contribution in [1.29, 1.82) is 0 Å². The fourth-order valence-corrected chi connectivity index (χ4v) is 2.47. The molecule has 0 saturated carbocycles. The molecule has 1 aromatic carbocycles. The fourth-order valence-electron chi connectivity index (χ4n) is 2.47. The molecule has 104 valence electrons. The van der Waals surface area contributed by atoms with Gasteiger partial charge in [-0.05, 0) is 12.0 Å². The first-order valence-corrected chi connectivity index (χ1v) is 6.80. The highest BCUT2D eigenvalue weighted by Crippen LogP contribution is 2.18. The molecule has 0 radical (unpaired) electrons. The molecule has 1 saturated heterocycles. The van der Waals surface area contributed by atoms with E-state index in [0.717, 1.165) is 26.1 Å². The Bertz CT molecular complexity index is 561. The van der Waals surface area contributed by atoms with E-state index in [1.807, 2.05) is 6.07 Å². The standard InChI is InChI=1S/C15H18N4O/c16-14-8-15(18-11-17-14)20-13-6-7-19(10-13)9-12-4-2-1-3-5-12/h1-5,8,11,13H,6-7,9-10H2,(H2,16,17,18). The SMILES string of the molecule is Nc1cc(OC2CCN(Cc3ccccc3)C2)ncn1. The van der Waals surface area contributed by atoms with E-state index in [1.54, 1.807) is 6.07 Å².